The summed E-state index contributed by atoms with van der Waals surface area (Å²) in [7, 11) is 0. The van der Waals surface area contributed by atoms with Gasteiger partial charge in [-0.3, -0.25) is 4.90 Å². The zero-order chi connectivity index (χ0) is 25.4. The molecule has 0 aromatic heterocycles. The molecule has 186 valence electrons. The molecule has 34 heavy (non-hydrogen) atoms. The van der Waals surface area contributed by atoms with E-state index in [2.05, 4.69) is 0 Å². The standard InChI is InChI=1S/C23H23ClF6N2O2/c1-3-16-11-18(20(31)12-7-14(23(28,29)30)9-15(24)8-12)17-10-13(22(25,26)27)5-6-19(17)32(16)21(33)34-4-2/h5-10,16,18,20H,3-4,11,31H2,1-2H3/t16-,18-,20+/m1/s1. The Kier molecular flexibility index (Phi) is 7.43. The molecule has 0 spiro atoms. The van der Waals surface area contributed by atoms with E-state index in [-0.39, 0.29) is 34.9 Å². The molecule has 0 fully saturated rings. The average molecular weight is 509 g/mol. The number of hydrogen-bond donors (Lipinski definition) is 1. The second kappa shape index (κ2) is 9.65. The van der Waals surface area contributed by atoms with Crippen molar-refractivity contribution in [2.24, 2.45) is 5.73 Å². The van der Waals surface area contributed by atoms with Crippen LogP contribution >= 0.6 is 11.6 Å². The van der Waals surface area contributed by atoms with E-state index in [0.717, 1.165) is 24.3 Å². The quantitative estimate of drug-likeness (QED) is 0.441. The van der Waals surface area contributed by atoms with Crippen LogP contribution < -0.4 is 10.6 Å². The Bertz CT molecular complexity index is 1060. The lowest BCUT2D eigenvalue weighted by atomic mass is 9.77. The van der Waals surface area contributed by atoms with Crippen LogP contribution in [0.4, 0.5) is 36.8 Å². The lowest BCUT2D eigenvalue weighted by Gasteiger charge is -2.42. The summed E-state index contributed by atoms with van der Waals surface area (Å²) in [6.07, 6.45) is -9.52. The Morgan fingerprint density at radius 3 is 2.29 bits per heavy atom. The van der Waals surface area contributed by atoms with Gasteiger partial charge in [-0.25, -0.2) is 4.79 Å². The molecule has 1 heterocycles. The van der Waals surface area contributed by atoms with Crippen molar-refractivity contribution in [3.63, 3.8) is 0 Å². The third-order valence-corrected chi connectivity index (χ3v) is 6.12. The molecule has 0 saturated carbocycles. The number of hydrogen-bond acceptors (Lipinski definition) is 3. The number of benzene rings is 2. The molecule has 1 aliphatic heterocycles. The molecule has 2 aromatic rings. The van der Waals surface area contributed by atoms with Crippen molar-refractivity contribution in [3.05, 3.63) is 63.7 Å². The van der Waals surface area contributed by atoms with E-state index in [9.17, 15) is 31.1 Å². The van der Waals surface area contributed by atoms with E-state index < -0.39 is 47.6 Å². The van der Waals surface area contributed by atoms with Crippen molar-refractivity contribution >= 4 is 23.4 Å². The molecule has 0 aliphatic carbocycles. The van der Waals surface area contributed by atoms with Gasteiger partial charge in [0.05, 0.1) is 23.4 Å². The van der Waals surface area contributed by atoms with E-state index in [4.69, 9.17) is 22.1 Å². The minimum absolute atomic E-state index is 0.0348. The van der Waals surface area contributed by atoms with Gasteiger partial charge in [-0.2, -0.15) is 26.3 Å². The second-order valence-electron chi connectivity index (χ2n) is 8.04. The maximum absolute atomic E-state index is 13.5. The van der Waals surface area contributed by atoms with Crippen molar-refractivity contribution in [2.75, 3.05) is 11.5 Å². The molecule has 0 radical (unpaired) electrons. The molecule has 0 saturated heterocycles. The van der Waals surface area contributed by atoms with E-state index in [1.165, 1.54) is 17.0 Å². The molecule has 3 rings (SSSR count). The van der Waals surface area contributed by atoms with Gasteiger partial charge in [0.1, 0.15) is 0 Å². The third-order valence-electron chi connectivity index (χ3n) is 5.91. The predicted molar refractivity (Wildman–Crippen MR) is 116 cm³/mol. The van der Waals surface area contributed by atoms with Gasteiger partial charge in [0.25, 0.3) is 0 Å². The normalized spacial score (nSPS) is 19.5. The summed E-state index contributed by atoms with van der Waals surface area (Å²) >= 11 is 5.91. The molecular weight excluding hydrogens is 486 g/mol. The van der Waals surface area contributed by atoms with Gasteiger partial charge in [-0.15, -0.1) is 0 Å². The van der Waals surface area contributed by atoms with Crippen LogP contribution in [0.2, 0.25) is 5.02 Å². The summed E-state index contributed by atoms with van der Waals surface area (Å²) < 4.78 is 85.5. The van der Waals surface area contributed by atoms with Gasteiger partial charge in [0.2, 0.25) is 0 Å². The molecule has 0 unspecified atom stereocenters. The van der Waals surface area contributed by atoms with Gasteiger partial charge in [-0.1, -0.05) is 18.5 Å². The first-order valence-corrected chi connectivity index (χ1v) is 11.0. The number of nitrogens with two attached hydrogens (primary N) is 1. The van der Waals surface area contributed by atoms with Gasteiger partial charge in [0, 0.05) is 23.0 Å². The van der Waals surface area contributed by atoms with E-state index in [0.29, 0.717) is 6.42 Å². The number of carbonyl (C=O) groups excluding carboxylic acids is 1. The van der Waals surface area contributed by atoms with Gasteiger partial charge >= 0.3 is 18.4 Å². The Labute approximate surface area is 197 Å². The van der Waals surface area contributed by atoms with Crippen molar-refractivity contribution in [2.45, 2.75) is 57.0 Å². The lowest BCUT2D eigenvalue weighted by Crippen LogP contribution is -2.46. The van der Waals surface area contributed by atoms with Crippen LogP contribution in [0.1, 0.15) is 60.9 Å². The van der Waals surface area contributed by atoms with E-state index in [1.54, 1.807) is 13.8 Å². The Hall–Kier alpha value is -2.46. The van der Waals surface area contributed by atoms with E-state index >= 15 is 0 Å². The second-order valence-corrected chi connectivity index (χ2v) is 8.48. The number of fused-ring (bicyclic) bond motifs is 1. The van der Waals surface area contributed by atoms with Gasteiger partial charge in [-0.05, 0) is 67.3 Å². The molecule has 0 bridgehead atoms. The fraction of sp³-hybridized carbons (Fsp3) is 0.435. The molecule has 3 atom stereocenters. The topological polar surface area (TPSA) is 55.6 Å². The first kappa shape index (κ1) is 26.2. The first-order valence-electron chi connectivity index (χ1n) is 10.6. The van der Waals surface area contributed by atoms with Gasteiger partial charge < -0.3 is 10.5 Å². The molecule has 1 aliphatic rings. The first-order chi connectivity index (χ1) is 15.8. The monoisotopic (exact) mass is 508 g/mol. The highest BCUT2D eigenvalue weighted by Crippen LogP contribution is 2.47. The number of nitrogens with zero attached hydrogens (tertiary/aromatic N) is 1. The molecular formula is C23H23ClF6N2O2. The molecule has 2 N–H and O–H groups in total. The van der Waals surface area contributed by atoms with Crippen LogP contribution in [0.5, 0.6) is 0 Å². The number of carbonyl (C=O) groups is 1. The summed E-state index contributed by atoms with van der Waals surface area (Å²) in [6.45, 7) is 3.45. The Morgan fingerprint density at radius 2 is 1.74 bits per heavy atom. The van der Waals surface area contributed by atoms with Crippen LogP contribution in [0, 0.1) is 0 Å². The zero-order valence-electron chi connectivity index (χ0n) is 18.3. The SMILES string of the molecule is CCOC(=O)N1c2ccc(C(F)(F)F)cc2[C@H]([C@@H](N)c2cc(Cl)cc(C(F)(F)F)c2)C[C@H]1CC. The zero-order valence-corrected chi connectivity index (χ0v) is 19.1. The number of anilines is 1. The van der Waals surface area contributed by atoms with Crippen molar-refractivity contribution in [1.29, 1.82) is 0 Å². The number of amides is 1. The molecule has 11 heteroatoms. The van der Waals surface area contributed by atoms with Crippen LogP contribution in [0.25, 0.3) is 0 Å². The summed E-state index contributed by atoms with van der Waals surface area (Å²) in [5, 5.41) is -0.194. The van der Waals surface area contributed by atoms with Crippen molar-refractivity contribution in [3.8, 4) is 0 Å². The van der Waals surface area contributed by atoms with E-state index in [1.807, 2.05) is 0 Å². The highest BCUT2D eigenvalue weighted by atomic mass is 35.5. The average Bonchev–Trinajstić information content (AvgIpc) is 2.75. The fourth-order valence-corrected chi connectivity index (χ4v) is 4.54. The molecule has 1 amide bonds. The van der Waals surface area contributed by atoms with Crippen molar-refractivity contribution in [1.82, 2.24) is 0 Å². The summed E-state index contributed by atoms with van der Waals surface area (Å²) in [6, 6.07) is 4.21. The molecule has 4 nitrogen and oxygen atoms in total. The lowest BCUT2D eigenvalue weighted by molar-refractivity contribution is -0.138. The molecule has 2 aromatic carbocycles. The highest BCUT2D eigenvalue weighted by Gasteiger charge is 2.41. The summed E-state index contributed by atoms with van der Waals surface area (Å²) in [5.41, 5.74) is 4.74. The van der Waals surface area contributed by atoms with Crippen LogP contribution in [-0.2, 0) is 17.1 Å². The summed E-state index contributed by atoms with van der Waals surface area (Å²) in [4.78, 5) is 14.0. The minimum atomic E-state index is -4.68. The maximum Gasteiger partial charge on any atom is 0.416 e. The van der Waals surface area contributed by atoms with Crippen LogP contribution in [0.15, 0.2) is 36.4 Å². The van der Waals surface area contributed by atoms with Crippen molar-refractivity contribution < 1.29 is 35.9 Å². The van der Waals surface area contributed by atoms with Crippen LogP contribution in [-0.4, -0.2) is 18.7 Å². The minimum Gasteiger partial charge on any atom is -0.449 e. The predicted octanol–water partition coefficient (Wildman–Crippen LogP) is 7.31. The fourth-order valence-electron chi connectivity index (χ4n) is 4.30. The highest BCUT2D eigenvalue weighted by molar-refractivity contribution is 6.30. The number of ether oxygens (including phenoxy) is 1. The maximum atomic E-state index is 13.5. The number of alkyl halides is 6. The van der Waals surface area contributed by atoms with Gasteiger partial charge in [0.15, 0.2) is 0 Å². The Balaban J connectivity index is 2.17. The third kappa shape index (κ3) is 5.27. The van der Waals surface area contributed by atoms with Crippen LogP contribution in [0.3, 0.4) is 0 Å². The number of halogens is 7. The summed E-state index contributed by atoms with van der Waals surface area (Å²) in [5.74, 6) is -0.813. The Morgan fingerprint density at radius 1 is 1.09 bits per heavy atom. The largest absolute Gasteiger partial charge is 0.449 e. The number of rotatable bonds is 4. The smallest absolute Gasteiger partial charge is 0.416 e.